The van der Waals surface area contributed by atoms with Crippen molar-refractivity contribution in [1.82, 2.24) is 0 Å². The highest BCUT2D eigenvalue weighted by Gasteiger charge is 2.25. The van der Waals surface area contributed by atoms with Gasteiger partial charge in [0, 0.05) is 6.07 Å². The van der Waals surface area contributed by atoms with Gasteiger partial charge in [-0.3, -0.25) is 25.0 Å². The first-order chi connectivity index (χ1) is 9.36. The summed E-state index contributed by atoms with van der Waals surface area (Å²) in [4.78, 5) is 30.4. The van der Waals surface area contributed by atoms with Crippen molar-refractivity contribution in [2.45, 2.75) is 6.92 Å². The first-order valence-electron chi connectivity index (χ1n) is 5.38. The van der Waals surface area contributed by atoms with Crippen LogP contribution < -0.4 is 5.32 Å². The van der Waals surface area contributed by atoms with Gasteiger partial charge in [-0.2, -0.15) is 4.39 Å². The number of hydrogen-bond acceptors (Lipinski definition) is 7. The van der Waals surface area contributed by atoms with Crippen LogP contribution in [0.4, 0.5) is 21.5 Å². The van der Waals surface area contributed by atoms with E-state index in [0.29, 0.717) is 12.1 Å². The fourth-order valence-corrected chi connectivity index (χ4v) is 1.36. The number of anilines is 1. The highest BCUT2D eigenvalue weighted by molar-refractivity contribution is 5.77. The summed E-state index contributed by atoms with van der Waals surface area (Å²) >= 11 is 0. The van der Waals surface area contributed by atoms with Gasteiger partial charge in [-0.05, 0) is 6.92 Å². The van der Waals surface area contributed by atoms with Crippen molar-refractivity contribution < 1.29 is 23.8 Å². The molecule has 0 bridgehead atoms. The minimum atomic E-state index is -1.24. The summed E-state index contributed by atoms with van der Waals surface area (Å²) in [6.07, 6.45) is 0. The summed E-state index contributed by atoms with van der Waals surface area (Å²) in [5.74, 6) is -1.94. The van der Waals surface area contributed by atoms with E-state index in [0.717, 1.165) is 0 Å². The lowest BCUT2D eigenvalue weighted by Gasteiger charge is -2.07. The molecule has 20 heavy (non-hydrogen) atoms. The number of nitro groups is 2. The van der Waals surface area contributed by atoms with Gasteiger partial charge in [-0.1, -0.05) is 0 Å². The van der Waals surface area contributed by atoms with E-state index in [4.69, 9.17) is 0 Å². The Labute approximate surface area is 111 Å². The molecule has 1 rings (SSSR count). The van der Waals surface area contributed by atoms with Gasteiger partial charge < -0.3 is 10.1 Å². The lowest BCUT2D eigenvalue weighted by Crippen LogP contribution is -2.17. The third-order valence-corrected chi connectivity index (χ3v) is 2.19. The smallest absolute Gasteiger partial charge is 0.325 e. The number of carbonyl (C=O) groups is 1. The van der Waals surface area contributed by atoms with Crippen LogP contribution in [0.1, 0.15) is 6.92 Å². The maximum absolute atomic E-state index is 13.4. The van der Waals surface area contributed by atoms with Crippen molar-refractivity contribution in [2.24, 2.45) is 0 Å². The normalized spacial score (nSPS) is 9.90. The standard InChI is InChI=1S/C10H10FN3O6/c1-2-20-10(15)5-12-7-3-6(11)8(13(16)17)4-9(7)14(18)19/h3-4,12H,2,5H2,1H3. The van der Waals surface area contributed by atoms with Crippen molar-refractivity contribution in [2.75, 3.05) is 18.5 Å². The number of nitrogens with zero attached hydrogens (tertiary/aromatic N) is 2. The van der Waals surface area contributed by atoms with Gasteiger partial charge in [-0.25, -0.2) is 0 Å². The molecule has 0 saturated carbocycles. The van der Waals surface area contributed by atoms with Crippen LogP contribution in [0.25, 0.3) is 0 Å². The van der Waals surface area contributed by atoms with E-state index < -0.39 is 39.6 Å². The van der Waals surface area contributed by atoms with Crippen LogP contribution in [0.5, 0.6) is 0 Å². The zero-order chi connectivity index (χ0) is 15.3. The second-order valence-electron chi connectivity index (χ2n) is 3.49. The summed E-state index contributed by atoms with van der Waals surface area (Å²) in [7, 11) is 0. The van der Waals surface area contributed by atoms with E-state index >= 15 is 0 Å². The number of halogens is 1. The van der Waals surface area contributed by atoms with Gasteiger partial charge in [0.1, 0.15) is 12.2 Å². The molecule has 1 N–H and O–H groups in total. The largest absolute Gasteiger partial charge is 0.465 e. The second kappa shape index (κ2) is 6.41. The molecule has 0 aliphatic carbocycles. The molecule has 0 saturated heterocycles. The molecule has 0 radical (unpaired) electrons. The topological polar surface area (TPSA) is 125 Å². The highest BCUT2D eigenvalue weighted by atomic mass is 19.1. The Hall–Kier alpha value is -2.78. The number of nitrogens with one attached hydrogen (secondary N) is 1. The maximum atomic E-state index is 13.4. The van der Waals surface area contributed by atoms with E-state index in [1.165, 1.54) is 0 Å². The Morgan fingerprint density at radius 1 is 1.30 bits per heavy atom. The fourth-order valence-electron chi connectivity index (χ4n) is 1.36. The third-order valence-electron chi connectivity index (χ3n) is 2.19. The Kier molecular flexibility index (Phi) is 4.89. The number of hydrogen-bond donors (Lipinski definition) is 1. The molecule has 1 aromatic carbocycles. The summed E-state index contributed by atoms with van der Waals surface area (Å²) < 4.78 is 18.0. The van der Waals surface area contributed by atoms with Gasteiger partial charge in [0.15, 0.2) is 0 Å². The zero-order valence-electron chi connectivity index (χ0n) is 10.3. The van der Waals surface area contributed by atoms with Crippen molar-refractivity contribution >= 4 is 23.0 Å². The molecule has 0 atom stereocenters. The van der Waals surface area contributed by atoms with Crippen LogP contribution >= 0.6 is 0 Å². The minimum Gasteiger partial charge on any atom is -0.465 e. The molecule has 1 aromatic rings. The van der Waals surface area contributed by atoms with Crippen molar-refractivity contribution in [3.05, 3.63) is 38.2 Å². The molecular formula is C10H10FN3O6. The summed E-state index contributed by atoms with van der Waals surface area (Å²) in [5, 5.41) is 23.6. The molecule has 0 amide bonds. The number of carbonyl (C=O) groups excluding carboxylic acids is 1. The predicted molar refractivity (Wildman–Crippen MR) is 64.8 cm³/mol. The number of esters is 1. The summed E-state index contributed by atoms with van der Waals surface area (Å²) in [6.45, 7) is 1.27. The SMILES string of the molecule is CCOC(=O)CNc1cc(F)c([N+](=O)[O-])cc1[N+](=O)[O-]. The first-order valence-corrected chi connectivity index (χ1v) is 5.38. The van der Waals surface area contributed by atoms with Crippen LogP contribution in [-0.2, 0) is 9.53 Å². The van der Waals surface area contributed by atoms with E-state index in [1.54, 1.807) is 6.92 Å². The highest BCUT2D eigenvalue weighted by Crippen LogP contribution is 2.31. The van der Waals surface area contributed by atoms with Crippen molar-refractivity contribution in [3.63, 3.8) is 0 Å². The van der Waals surface area contributed by atoms with Gasteiger partial charge in [0.2, 0.25) is 5.82 Å². The van der Waals surface area contributed by atoms with E-state index in [-0.39, 0.29) is 12.3 Å². The van der Waals surface area contributed by atoms with Gasteiger partial charge >= 0.3 is 11.7 Å². The average Bonchev–Trinajstić information content (AvgIpc) is 2.35. The third kappa shape index (κ3) is 3.60. The number of benzene rings is 1. The molecule has 0 heterocycles. The Morgan fingerprint density at radius 2 is 1.90 bits per heavy atom. The quantitative estimate of drug-likeness (QED) is 0.478. The van der Waals surface area contributed by atoms with E-state index in [2.05, 4.69) is 10.1 Å². The average molecular weight is 287 g/mol. The van der Waals surface area contributed by atoms with Crippen LogP contribution in [0.15, 0.2) is 12.1 Å². The van der Waals surface area contributed by atoms with Crippen LogP contribution in [-0.4, -0.2) is 29.0 Å². The molecule has 0 aromatic heterocycles. The van der Waals surface area contributed by atoms with Crippen LogP contribution in [0, 0.1) is 26.0 Å². The molecule has 0 unspecified atom stereocenters. The van der Waals surface area contributed by atoms with E-state index in [9.17, 15) is 29.4 Å². The molecule has 10 heteroatoms. The van der Waals surface area contributed by atoms with Gasteiger partial charge in [0.05, 0.1) is 22.5 Å². The zero-order valence-corrected chi connectivity index (χ0v) is 10.3. The maximum Gasteiger partial charge on any atom is 0.325 e. The van der Waals surface area contributed by atoms with Gasteiger partial charge in [0.25, 0.3) is 5.69 Å². The molecule has 0 aliphatic rings. The lowest BCUT2D eigenvalue weighted by molar-refractivity contribution is -0.395. The predicted octanol–water partition coefficient (Wildman–Crippen LogP) is 1.62. The first kappa shape index (κ1) is 15.3. The molecule has 0 aliphatic heterocycles. The molecular weight excluding hydrogens is 277 g/mol. The van der Waals surface area contributed by atoms with Gasteiger partial charge in [-0.15, -0.1) is 0 Å². The molecule has 108 valence electrons. The Bertz CT molecular complexity index is 562. The fraction of sp³-hybridized carbons (Fsp3) is 0.300. The van der Waals surface area contributed by atoms with Crippen molar-refractivity contribution in [1.29, 1.82) is 0 Å². The summed E-state index contributed by atoms with van der Waals surface area (Å²) in [6, 6.07) is 1.08. The molecule has 0 spiro atoms. The summed E-state index contributed by atoms with van der Waals surface area (Å²) in [5.41, 5.74) is -2.06. The number of ether oxygens (including phenoxy) is 1. The van der Waals surface area contributed by atoms with E-state index in [1.807, 2.05) is 0 Å². The lowest BCUT2D eigenvalue weighted by atomic mass is 10.2. The Balaban J connectivity index is 3.06. The van der Waals surface area contributed by atoms with Crippen LogP contribution in [0.3, 0.4) is 0 Å². The second-order valence-corrected chi connectivity index (χ2v) is 3.49. The van der Waals surface area contributed by atoms with Crippen LogP contribution in [0.2, 0.25) is 0 Å². The minimum absolute atomic E-state index is 0.122. The monoisotopic (exact) mass is 287 g/mol. The number of rotatable bonds is 6. The van der Waals surface area contributed by atoms with Crippen molar-refractivity contribution in [3.8, 4) is 0 Å². The molecule has 9 nitrogen and oxygen atoms in total. The number of nitro benzene ring substituents is 2. The Morgan fingerprint density at radius 3 is 2.40 bits per heavy atom. The molecule has 0 fully saturated rings.